The third-order valence-corrected chi connectivity index (χ3v) is 5.97. The Labute approximate surface area is 182 Å². The zero-order chi connectivity index (χ0) is 22.3. The van der Waals surface area contributed by atoms with Gasteiger partial charge in [-0.2, -0.15) is 22.8 Å². The number of halogens is 3. The summed E-state index contributed by atoms with van der Waals surface area (Å²) in [5, 5.41) is 21.3. The molecular weight excluding hydrogens is 419 g/mol. The largest absolute Gasteiger partial charge is 0.416 e. The van der Waals surface area contributed by atoms with E-state index in [-0.39, 0.29) is 5.41 Å². The van der Waals surface area contributed by atoms with Gasteiger partial charge in [0, 0.05) is 29.8 Å². The zero-order valence-corrected chi connectivity index (χ0v) is 17.1. The number of aromatic nitrogens is 3. The SMILES string of the molecule is OC1C=C(CNCC2(c3cccc(C(F)(F)F)c3)CC2)Nc2nc(-c3ccccc3)nn21. The maximum Gasteiger partial charge on any atom is 0.416 e. The Hall–Kier alpha value is -3.17. The average Bonchev–Trinajstić information content (AvgIpc) is 3.44. The van der Waals surface area contributed by atoms with Gasteiger partial charge in [-0.15, -0.1) is 5.10 Å². The molecule has 2 aliphatic rings. The Morgan fingerprint density at radius 3 is 2.62 bits per heavy atom. The predicted molar refractivity (Wildman–Crippen MR) is 114 cm³/mol. The Morgan fingerprint density at radius 1 is 1.12 bits per heavy atom. The molecule has 1 saturated carbocycles. The molecule has 0 bridgehead atoms. The van der Waals surface area contributed by atoms with E-state index in [1.54, 1.807) is 12.1 Å². The van der Waals surface area contributed by atoms with Gasteiger partial charge in [-0.05, 0) is 30.5 Å². The summed E-state index contributed by atoms with van der Waals surface area (Å²) in [4.78, 5) is 4.48. The molecule has 3 aromatic rings. The van der Waals surface area contributed by atoms with Gasteiger partial charge in [0.25, 0.3) is 0 Å². The third kappa shape index (κ3) is 4.01. The van der Waals surface area contributed by atoms with E-state index < -0.39 is 18.0 Å². The van der Waals surface area contributed by atoms with Crippen LogP contribution in [0.4, 0.5) is 19.1 Å². The summed E-state index contributed by atoms with van der Waals surface area (Å²) in [6.07, 6.45) is -1.98. The molecule has 1 aliphatic heterocycles. The van der Waals surface area contributed by atoms with Gasteiger partial charge in [-0.3, -0.25) is 0 Å². The minimum absolute atomic E-state index is 0.282. The van der Waals surface area contributed by atoms with Crippen LogP contribution in [0, 0.1) is 0 Å². The molecule has 6 nitrogen and oxygen atoms in total. The zero-order valence-electron chi connectivity index (χ0n) is 17.1. The summed E-state index contributed by atoms with van der Waals surface area (Å²) in [6, 6.07) is 15.1. The van der Waals surface area contributed by atoms with Crippen molar-refractivity contribution in [3.8, 4) is 11.4 Å². The molecule has 0 saturated heterocycles. The predicted octanol–water partition coefficient (Wildman–Crippen LogP) is 4.09. The molecule has 0 spiro atoms. The first-order valence-electron chi connectivity index (χ1n) is 10.4. The van der Waals surface area contributed by atoms with Crippen molar-refractivity contribution in [2.24, 2.45) is 0 Å². The van der Waals surface area contributed by atoms with Crippen LogP contribution >= 0.6 is 0 Å². The molecule has 0 radical (unpaired) electrons. The van der Waals surface area contributed by atoms with Crippen molar-refractivity contribution in [3.63, 3.8) is 0 Å². The molecule has 2 aromatic carbocycles. The first-order valence-corrected chi connectivity index (χ1v) is 10.4. The summed E-state index contributed by atoms with van der Waals surface area (Å²) in [6.45, 7) is 0.969. The molecule has 0 amide bonds. The molecule has 1 unspecified atom stereocenters. The molecule has 166 valence electrons. The molecule has 1 fully saturated rings. The summed E-state index contributed by atoms with van der Waals surface area (Å²) in [5.41, 5.74) is 1.39. The van der Waals surface area contributed by atoms with Crippen LogP contribution in [0.5, 0.6) is 0 Å². The summed E-state index contributed by atoms with van der Waals surface area (Å²) >= 11 is 0. The van der Waals surface area contributed by atoms with Crippen molar-refractivity contribution in [1.82, 2.24) is 20.1 Å². The fourth-order valence-electron chi connectivity index (χ4n) is 4.02. The molecule has 1 aliphatic carbocycles. The highest BCUT2D eigenvalue weighted by atomic mass is 19.4. The number of nitrogens with zero attached hydrogens (tertiary/aromatic N) is 3. The Kier molecular flexibility index (Phi) is 5.02. The van der Waals surface area contributed by atoms with Crippen LogP contribution in [0.2, 0.25) is 0 Å². The normalized spacial score (nSPS) is 19.1. The van der Waals surface area contributed by atoms with E-state index >= 15 is 0 Å². The van der Waals surface area contributed by atoms with Crippen LogP contribution in [0.1, 0.15) is 30.2 Å². The Balaban J connectivity index is 1.24. The first kappa shape index (κ1) is 20.7. The maximum absolute atomic E-state index is 13.1. The number of anilines is 1. The first-order chi connectivity index (χ1) is 15.3. The average molecular weight is 441 g/mol. The van der Waals surface area contributed by atoms with E-state index in [2.05, 4.69) is 20.7 Å². The summed E-state index contributed by atoms with van der Waals surface area (Å²) in [5.74, 6) is 0.950. The van der Waals surface area contributed by atoms with Crippen molar-refractivity contribution in [2.45, 2.75) is 30.7 Å². The van der Waals surface area contributed by atoms with Gasteiger partial charge in [-0.25, -0.2) is 0 Å². The van der Waals surface area contributed by atoms with Crippen molar-refractivity contribution in [2.75, 3.05) is 18.4 Å². The van der Waals surface area contributed by atoms with Crippen molar-refractivity contribution < 1.29 is 18.3 Å². The van der Waals surface area contributed by atoms with E-state index in [1.165, 1.54) is 16.8 Å². The number of hydrogen-bond donors (Lipinski definition) is 3. The monoisotopic (exact) mass is 441 g/mol. The molecule has 5 rings (SSSR count). The lowest BCUT2D eigenvalue weighted by Crippen LogP contribution is -2.32. The van der Waals surface area contributed by atoms with Gasteiger partial charge in [0.1, 0.15) is 0 Å². The molecule has 1 atom stereocenters. The smallest absolute Gasteiger partial charge is 0.368 e. The van der Waals surface area contributed by atoms with Gasteiger partial charge < -0.3 is 15.7 Å². The van der Waals surface area contributed by atoms with Crippen molar-refractivity contribution >= 4 is 5.95 Å². The van der Waals surface area contributed by atoms with Gasteiger partial charge in [-0.1, -0.05) is 48.5 Å². The number of aliphatic hydroxyl groups excluding tert-OH is 1. The second kappa shape index (κ2) is 7.75. The van der Waals surface area contributed by atoms with E-state index in [9.17, 15) is 18.3 Å². The van der Waals surface area contributed by atoms with Crippen molar-refractivity contribution in [3.05, 3.63) is 77.5 Å². The van der Waals surface area contributed by atoms with Crippen LogP contribution in [0.3, 0.4) is 0 Å². The number of hydrogen-bond acceptors (Lipinski definition) is 5. The van der Waals surface area contributed by atoms with E-state index in [0.717, 1.165) is 30.2 Å². The quantitative estimate of drug-likeness (QED) is 0.538. The lowest BCUT2D eigenvalue weighted by Gasteiger charge is -2.22. The highest BCUT2D eigenvalue weighted by Crippen LogP contribution is 2.48. The lowest BCUT2D eigenvalue weighted by atomic mass is 9.94. The van der Waals surface area contributed by atoms with Gasteiger partial charge in [0.2, 0.25) is 5.95 Å². The molecule has 1 aromatic heterocycles. The second-order valence-corrected chi connectivity index (χ2v) is 8.26. The molecule has 2 heterocycles. The summed E-state index contributed by atoms with van der Waals surface area (Å²) in [7, 11) is 0. The minimum Gasteiger partial charge on any atom is -0.368 e. The number of aliphatic hydroxyl groups is 1. The van der Waals surface area contributed by atoms with E-state index in [0.29, 0.717) is 30.4 Å². The molecular formula is C23H22F3N5O. The highest BCUT2D eigenvalue weighted by Gasteiger charge is 2.44. The number of nitrogens with one attached hydrogen (secondary N) is 2. The highest BCUT2D eigenvalue weighted by molar-refractivity contribution is 5.57. The number of rotatable bonds is 6. The minimum atomic E-state index is -4.35. The maximum atomic E-state index is 13.1. The fourth-order valence-corrected chi connectivity index (χ4v) is 4.02. The number of benzene rings is 2. The molecule has 32 heavy (non-hydrogen) atoms. The number of fused-ring (bicyclic) bond motifs is 1. The van der Waals surface area contributed by atoms with E-state index in [1.807, 2.05) is 30.3 Å². The Bertz CT molecular complexity index is 1150. The van der Waals surface area contributed by atoms with Gasteiger partial charge in [0.15, 0.2) is 12.1 Å². The van der Waals surface area contributed by atoms with Gasteiger partial charge >= 0.3 is 6.18 Å². The van der Waals surface area contributed by atoms with Crippen LogP contribution in [-0.4, -0.2) is 33.0 Å². The molecule has 3 N–H and O–H groups in total. The second-order valence-electron chi connectivity index (χ2n) is 8.26. The Morgan fingerprint density at radius 2 is 1.91 bits per heavy atom. The van der Waals surface area contributed by atoms with Crippen LogP contribution < -0.4 is 10.6 Å². The van der Waals surface area contributed by atoms with Crippen LogP contribution in [0.15, 0.2) is 66.4 Å². The third-order valence-electron chi connectivity index (χ3n) is 5.97. The van der Waals surface area contributed by atoms with Crippen LogP contribution in [-0.2, 0) is 11.6 Å². The van der Waals surface area contributed by atoms with E-state index in [4.69, 9.17) is 0 Å². The molecule has 9 heteroatoms. The fraction of sp³-hybridized carbons (Fsp3) is 0.304. The number of alkyl halides is 3. The van der Waals surface area contributed by atoms with Crippen molar-refractivity contribution in [1.29, 1.82) is 0 Å². The standard InChI is InChI=1S/C23H22F3N5O/c24-23(25,26)17-8-4-7-16(11-17)22(9-10-22)14-27-13-18-12-19(32)31-21(28-18)29-20(30-31)15-5-2-1-3-6-15/h1-8,11-12,19,27,32H,9-10,13-14H2,(H,28,29,30). The lowest BCUT2D eigenvalue weighted by molar-refractivity contribution is -0.137. The van der Waals surface area contributed by atoms with Gasteiger partial charge in [0.05, 0.1) is 5.56 Å². The van der Waals surface area contributed by atoms with Crippen LogP contribution in [0.25, 0.3) is 11.4 Å². The summed E-state index contributed by atoms with van der Waals surface area (Å²) < 4.78 is 40.6. The topological polar surface area (TPSA) is 75.0 Å².